The van der Waals surface area contributed by atoms with Crippen molar-refractivity contribution in [1.82, 2.24) is 0 Å². The molecule has 0 atom stereocenters. The second-order valence-corrected chi connectivity index (χ2v) is 5.27. The highest BCUT2D eigenvalue weighted by atomic mass is 16.6. The lowest BCUT2D eigenvalue weighted by molar-refractivity contribution is -0.129. The van der Waals surface area contributed by atoms with Gasteiger partial charge in [-0.2, -0.15) is 0 Å². The molecule has 3 nitrogen and oxygen atoms in total. The summed E-state index contributed by atoms with van der Waals surface area (Å²) in [5, 5.41) is 2.10. The van der Waals surface area contributed by atoms with E-state index in [0.29, 0.717) is 11.6 Å². The van der Waals surface area contributed by atoms with Crippen LogP contribution in [0, 0.1) is 0 Å². The van der Waals surface area contributed by atoms with Crippen LogP contribution in [0.3, 0.4) is 0 Å². The molecule has 0 amide bonds. The van der Waals surface area contributed by atoms with Gasteiger partial charge >= 0.3 is 5.97 Å². The van der Waals surface area contributed by atoms with Crippen LogP contribution in [-0.2, 0) is 9.53 Å². The van der Waals surface area contributed by atoms with Crippen molar-refractivity contribution in [2.45, 2.75) is 0 Å². The highest BCUT2D eigenvalue weighted by molar-refractivity contribution is 6.17. The van der Waals surface area contributed by atoms with Gasteiger partial charge in [-0.3, -0.25) is 0 Å². The van der Waals surface area contributed by atoms with Gasteiger partial charge in [0.05, 0.1) is 0 Å². The molecular formula is C20H13NO2. The molecule has 1 aliphatic heterocycles. The Labute approximate surface area is 133 Å². The third-order valence-electron chi connectivity index (χ3n) is 3.74. The summed E-state index contributed by atoms with van der Waals surface area (Å²) in [5.74, 6) is -0.0641. The van der Waals surface area contributed by atoms with E-state index in [1.807, 2.05) is 72.8 Å². The van der Waals surface area contributed by atoms with Crippen LogP contribution in [0.25, 0.3) is 16.8 Å². The summed E-state index contributed by atoms with van der Waals surface area (Å²) in [6, 6.07) is 23.5. The normalized spacial score (nSPS) is 15.7. The number of hydrogen-bond donors (Lipinski definition) is 0. The van der Waals surface area contributed by atoms with E-state index in [1.54, 1.807) is 6.08 Å². The molecule has 0 aliphatic carbocycles. The number of benzene rings is 3. The van der Waals surface area contributed by atoms with Crippen LogP contribution < -0.4 is 0 Å². The highest BCUT2D eigenvalue weighted by Gasteiger charge is 2.25. The van der Waals surface area contributed by atoms with Gasteiger partial charge in [0.15, 0.2) is 5.70 Å². The van der Waals surface area contributed by atoms with Crippen LogP contribution in [0.1, 0.15) is 11.1 Å². The molecule has 0 N–H and O–H groups in total. The van der Waals surface area contributed by atoms with Gasteiger partial charge < -0.3 is 4.74 Å². The molecular weight excluding hydrogens is 286 g/mol. The largest absolute Gasteiger partial charge is 0.402 e. The second kappa shape index (κ2) is 5.54. The zero-order valence-corrected chi connectivity index (χ0v) is 12.3. The molecule has 0 saturated heterocycles. The highest BCUT2D eigenvalue weighted by Crippen LogP contribution is 2.24. The quantitative estimate of drug-likeness (QED) is 0.526. The fourth-order valence-electron chi connectivity index (χ4n) is 2.64. The predicted octanol–water partition coefficient (Wildman–Crippen LogP) is 4.18. The number of fused-ring (bicyclic) bond motifs is 1. The molecule has 110 valence electrons. The molecule has 0 saturated carbocycles. The summed E-state index contributed by atoms with van der Waals surface area (Å²) >= 11 is 0. The molecule has 0 unspecified atom stereocenters. The predicted molar refractivity (Wildman–Crippen MR) is 91.0 cm³/mol. The van der Waals surface area contributed by atoms with Gasteiger partial charge in [-0.25, -0.2) is 9.79 Å². The second-order valence-electron chi connectivity index (χ2n) is 5.27. The van der Waals surface area contributed by atoms with E-state index >= 15 is 0 Å². The Balaban J connectivity index is 1.79. The van der Waals surface area contributed by atoms with Gasteiger partial charge in [-0.05, 0) is 28.5 Å². The maximum Gasteiger partial charge on any atom is 0.363 e. The zero-order chi connectivity index (χ0) is 15.6. The van der Waals surface area contributed by atoms with Gasteiger partial charge in [0, 0.05) is 5.56 Å². The van der Waals surface area contributed by atoms with E-state index in [4.69, 9.17) is 4.74 Å². The molecule has 0 radical (unpaired) electrons. The van der Waals surface area contributed by atoms with E-state index in [0.717, 1.165) is 21.9 Å². The van der Waals surface area contributed by atoms with Gasteiger partial charge in [0.25, 0.3) is 0 Å². The van der Waals surface area contributed by atoms with Gasteiger partial charge in [-0.1, -0.05) is 66.7 Å². The van der Waals surface area contributed by atoms with Crippen molar-refractivity contribution in [2.75, 3.05) is 0 Å². The van der Waals surface area contributed by atoms with E-state index in [1.165, 1.54) is 0 Å². The Bertz CT molecular complexity index is 950. The molecule has 3 aromatic rings. The van der Waals surface area contributed by atoms with Crippen LogP contribution >= 0.6 is 0 Å². The average Bonchev–Trinajstić information content (AvgIpc) is 2.96. The molecule has 0 spiro atoms. The lowest BCUT2D eigenvalue weighted by Crippen LogP contribution is -2.05. The molecule has 1 heterocycles. The number of aliphatic imine (C=N–C) groups is 1. The molecule has 0 aromatic heterocycles. The Morgan fingerprint density at radius 2 is 1.57 bits per heavy atom. The molecule has 3 heteroatoms. The SMILES string of the molecule is O=C1OC(c2cccc3ccccc23)=N/C1=C\c1ccccc1. The van der Waals surface area contributed by atoms with Crippen LogP contribution in [0.4, 0.5) is 0 Å². The summed E-state index contributed by atoms with van der Waals surface area (Å²) < 4.78 is 5.38. The van der Waals surface area contributed by atoms with Crippen molar-refractivity contribution in [2.24, 2.45) is 4.99 Å². The molecule has 4 rings (SSSR count). The number of nitrogens with zero attached hydrogens (tertiary/aromatic N) is 1. The Hall–Kier alpha value is -3.20. The minimum Gasteiger partial charge on any atom is -0.402 e. The summed E-state index contributed by atoms with van der Waals surface area (Å²) in [7, 11) is 0. The van der Waals surface area contributed by atoms with E-state index in [-0.39, 0.29) is 0 Å². The first kappa shape index (κ1) is 13.5. The van der Waals surface area contributed by atoms with Gasteiger partial charge in [0.1, 0.15) is 0 Å². The number of cyclic esters (lactones) is 1. The van der Waals surface area contributed by atoms with Crippen LogP contribution in [0.5, 0.6) is 0 Å². The van der Waals surface area contributed by atoms with Crippen LogP contribution in [0.15, 0.2) is 83.5 Å². The molecule has 0 bridgehead atoms. The monoisotopic (exact) mass is 299 g/mol. The molecule has 0 fully saturated rings. The van der Waals surface area contributed by atoms with E-state index < -0.39 is 5.97 Å². The number of ether oxygens (including phenoxy) is 1. The average molecular weight is 299 g/mol. The summed E-state index contributed by atoms with van der Waals surface area (Å²) in [4.78, 5) is 16.5. The summed E-state index contributed by atoms with van der Waals surface area (Å²) in [6.07, 6.45) is 1.74. The summed E-state index contributed by atoms with van der Waals surface area (Å²) in [6.45, 7) is 0. The topological polar surface area (TPSA) is 38.7 Å². The Morgan fingerprint density at radius 3 is 2.43 bits per heavy atom. The Kier molecular flexibility index (Phi) is 3.24. The minimum absolute atomic E-state index is 0.319. The van der Waals surface area contributed by atoms with Crippen molar-refractivity contribution in [3.05, 3.63) is 89.6 Å². The first-order chi connectivity index (χ1) is 11.3. The van der Waals surface area contributed by atoms with Crippen molar-refractivity contribution in [1.29, 1.82) is 0 Å². The molecule has 1 aliphatic rings. The van der Waals surface area contributed by atoms with E-state index in [2.05, 4.69) is 4.99 Å². The van der Waals surface area contributed by atoms with Crippen LogP contribution in [0.2, 0.25) is 0 Å². The number of rotatable bonds is 2. The molecule has 23 heavy (non-hydrogen) atoms. The number of carbonyl (C=O) groups excluding carboxylic acids is 1. The van der Waals surface area contributed by atoms with Crippen LogP contribution in [-0.4, -0.2) is 11.9 Å². The van der Waals surface area contributed by atoms with Crippen molar-refractivity contribution >= 4 is 28.7 Å². The van der Waals surface area contributed by atoms with Gasteiger partial charge in [-0.15, -0.1) is 0 Å². The van der Waals surface area contributed by atoms with Crippen molar-refractivity contribution in [3.63, 3.8) is 0 Å². The first-order valence-corrected chi connectivity index (χ1v) is 7.37. The maximum atomic E-state index is 12.1. The lowest BCUT2D eigenvalue weighted by atomic mass is 10.0. The van der Waals surface area contributed by atoms with E-state index in [9.17, 15) is 4.79 Å². The zero-order valence-electron chi connectivity index (χ0n) is 12.3. The fraction of sp³-hybridized carbons (Fsp3) is 0. The van der Waals surface area contributed by atoms with Crippen molar-refractivity contribution < 1.29 is 9.53 Å². The Morgan fingerprint density at radius 1 is 0.826 bits per heavy atom. The number of esters is 1. The smallest absolute Gasteiger partial charge is 0.363 e. The third kappa shape index (κ3) is 2.53. The molecule has 3 aromatic carbocycles. The summed E-state index contributed by atoms with van der Waals surface area (Å²) in [5.41, 5.74) is 2.06. The number of carbonyl (C=O) groups is 1. The van der Waals surface area contributed by atoms with Gasteiger partial charge in [0.2, 0.25) is 5.90 Å². The lowest BCUT2D eigenvalue weighted by Gasteiger charge is -2.04. The first-order valence-electron chi connectivity index (χ1n) is 7.37. The maximum absolute atomic E-state index is 12.1. The standard InChI is InChI=1S/C20H13NO2/c22-20-18(13-14-7-2-1-3-8-14)21-19(23-20)17-12-6-10-15-9-4-5-11-16(15)17/h1-13H/b18-13-. The minimum atomic E-state index is -0.420. The van der Waals surface area contributed by atoms with Crippen molar-refractivity contribution in [3.8, 4) is 0 Å². The fourth-order valence-corrected chi connectivity index (χ4v) is 2.64. The third-order valence-corrected chi connectivity index (χ3v) is 3.74. The number of hydrogen-bond acceptors (Lipinski definition) is 3.